The highest BCUT2D eigenvalue weighted by Crippen LogP contribution is 2.38. The van der Waals surface area contributed by atoms with Crippen LogP contribution in [-0.2, 0) is 0 Å². The summed E-state index contributed by atoms with van der Waals surface area (Å²) in [5.74, 6) is 1.15. The zero-order valence-corrected chi connectivity index (χ0v) is 13.6. The second kappa shape index (κ2) is 6.29. The second-order valence-electron chi connectivity index (χ2n) is 5.44. The minimum absolute atomic E-state index is 0.170. The Morgan fingerprint density at radius 2 is 2.00 bits per heavy atom. The van der Waals surface area contributed by atoms with Gasteiger partial charge in [-0.25, -0.2) is 4.98 Å². The zero-order valence-electron chi connectivity index (χ0n) is 12.8. The average Bonchev–Trinajstić information content (AvgIpc) is 3.15. The summed E-state index contributed by atoms with van der Waals surface area (Å²) in [7, 11) is 0. The van der Waals surface area contributed by atoms with Gasteiger partial charge in [0, 0.05) is 17.6 Å². The molecule has 4 nitrogen and oxygen atoms in total. The number of aromatic amines is 1. The molecule has 0 amide bonds. The van der Waals surface area contributed by atoms with Crippen LogP contribution in [0.4, 0.5) is 5.82 Å². The number of aromatic nitrogens is 2. The largest absolute Gasteiger partial charge is 0.507 e. The number of phenolic OH excluding ortho intramolecular Hbond substituents is 1. The molecule has 3 aromatic heterocycles. The molecule has 0 unspecified atom stereocenters. The normalized spacial score (nSPS) is 12.2. The molecule has 4 aromatic rings. The molecule has 118 valence electrons. The van der Waals surface area contributed by atoms with E-state index in [0.717, 1.165) is 27.2 Å². The Bertz CT molecular complexity index is 955. The van der Waals surface area contributed by atoms with Crippen LogP contribution < -0.4 is 10.3 Å². The van der Waals surface area contributed by atoms with Crippen molar-refractivity contribution in [2.45, 2.75) is 6.04 Å². The number of aromatic hydroxyl groups is 1. The van der Waals surface area contributed by atoms with Crippen LogP contribution in [0.1, 0.15) is 16.5 Å². The summed E-state index contributed by atoms with van der Waals surface area (Å²) in [6.45, 7) is 0. The molecule has 24 heavy (non-hydrogen) atoms. The Morgan fingerprint density at radius 3 is 2.79 bits per heavy atom. The van der Waals surface area contributed by atoms with E-state index in [9.17, 15) is 5.11 Å². The highest BCUT2D eigenvalue weighted by Gasteiger charge is 2.25. The number of nitrogens with one attached hydrogen (secondary N) is 2. The molecule has 5 heteroatoms. The Balaban J connectivity index is 1.90. The fourth-order valence-corrected chi connectivity index (χ4v) is 3.63. The molecule has 4 rings (SSSR count). The molecule has 0 spiro atoms. The Labute approximate surface area is 143 Å². The summed E-state index contributed by atoms with van der Waals surface area (Å²) in [5.41, 5.74) is 1.70. The van der Waals surface area contributed by atoms with Crippen molar-refractivity contribution in [1.82, 2.24) is 4.98 Å². The SMILES string of the molecule is Oc1ccc2ncccc2c1[C@@H](Nc1cccc[nH+]1)c1cccs1. The predicted molar refractivity (Wildman–Crippen MR) is 96.2 cm³/mol. The average molecular weight is 334 g/mol. The smallest absolute Gasteiger partial charge is 0.272 e. The fraction of sp³-hybridized carbons (Fsp3) is 0.0526. The first kappa shape index (κ1) is 14.7. The minimum Gasteiger partial charge on any atom is -0.507 e. The van der Waals surface area contributed by atoms with E-state index in [2.05, 4.69) is 21.4 Å². The standard InChI is InChI=1S/C19H15N3OS/c23-15-9-8-14-13(5-3-11-20-14)18(15)19(16-6-4-12-24-16)22-17-7-1-2-10-21-17/h1-12,19,23H,(H,21,22)/p+1/t19-/m0/s1. The lowest BCUT2D eigenvalue weighted by atomic mass is 9.98. The molecule has 3 N–H and O–H groups in total. The van der Waals surface area contributed by atoms with E-state index in [1.807, 2.05) is 54.0 Å². The molecule has 0 saturated heterocycles. The molecule has 0 fully saturated rings. The maximum atomic E-state index is 10.6. The number of thiophene rings is 1. The van der Waals surface area contributed by atoms with Gasteiger partial charge in [-0.1, -0.05) is 18.2 Å². The Hall–Kier alpha value is -2.92. The Morgan fingerprint density at radius 1 is 1.04 bits per heavy atom. The van der Waals surface area contributed by atoms with E-state index in [-0.39, 0.29) is 11.8 Å². The molecule has 0 aliphatic rings. The first-order valence-corrected chi connectivity index (χ1v) is 8.54. The molecule has 1 aromatic carbocycles. The maximum absolute atomic E-state index is 10.6. The monoisotopic (exact) mass is 334 g/mol. The van der Waals surface area contributed by atoms with Crippen LogP contribution in [0.2, 0.25) is 0 Å². The van der Waals surface area contributed by atoms with Gasteiger partial charge in [-0.05, 0) is 35.7 Å². The van der Waals surface area contributed by atoms with Crippen LogP contribution in [0.5, 0.6) is 5.75 Å². The first-order chi connectivity index (χ1) is 11.8. The van der Waals surface area contributed by atoms with E-state index in [0.29, 0.717) is 0 Å². The number of pyridine rings is 2. The van der Waals surface area contributed by atoms with Gasteiger partial charge in [0.15, 0.2) is 6.04 Å². The van der Waals surface area contributed by atoms with Crippen molar-refractivity contribution in [1.29, 1.82) is 0 Å². The van der Waals surface area contributed by atoms with Crippen molar-refractivity contribution < 1.29 is 10.1 Å². The first-order valence-electron chi connectivity index (χ1n) is 7.66. The number of hydrogen-bond acceptors (Lipinski definition) is 4. The van der Waals surface area contributed by atoms with Crippen LogP contribution in [0.3, 0.4) is 0 Å². The van der Waals surface area contributed by atoms with E-state index < -0.39 is 0 Å². The van der Waals surface area contributed by atoms with E-state index in [4.69, 9.17) is 0 Å². The van der Waals surface area contributed by atoms with Gasteiger partial charge in [-0.15, -0.1) is 11.3 Å². The second-order valence-corrected chi connectivity index (χ2v) is 6.42. The minimum atomic E-state index is -0.170. The number of rotatable bonds is 4. The summed E-state index contributed by atoms with van der Waals surface area (Å²) in [6, 6.07) is 17.2. The van der Waals surface area contributed by atoms with Gasteiger partial charge < -0.3 is 5.11 Å². The zero-order chi connectivity index (χ0) is 16.4. The highest BCUT2D eigenvalue weighted by molar-refractivity contribution is 7.10. The summed E-state index contributed by atoms with van der Waals surface area (Å²) in [4.78, 5) is 8.73. The van der Waals surface area contributed by atoms with Crippen LogP contribution in [0.25, 0.3) is 10.9 Å². The van der Waals surface area contributed by atoms with Gasteiger partial charge in [0.1, 0.15) is 5.75 Å². The number of benzene rings is 1. The van der Waals surface area contributed by atoms with Gasteiger partial charge in [0.05, 0.1) is 22.2 Å². The molecule has 3 heterocycles. The molecule has 0 saturated carbocycles. The molecule has 0 aliphatic heterocycles. The summed E-state index contributed by atoms with van der Waals surface area (Å²) >= 11 is 1.65. The number of H-pyrrole nitrogens is 1. The molecule has 0 aliphatic carbocycles. The maximum Gasteiger partial charge on any atom is 0.272 e. The third kappa shape index (κ3) is 2.70. The summed E-state index contributed by atoms with van der Waals surface area (Å²) in [5, 5.41) is 17.1. The van der Waals surface area contributed by atoms with Crippen molar-refractivity contribution in [3.8, 4) is 5.75 Å². The molecular formula is C19H16N3OS+. The fourth-order valence-electron chi connectivity index (χ4n) is 2.85. The van der Waals surface area contributed by atoms with Crippen molar-refractivity contribution in [2.75, 3.05) is 5.32 Å². The van der Waals surface area contributed by atoms with Crippen LogP contribution >= 0.6 is 11.3 Å². The number of anilines is 1. The number of fused-ring (bicyclic) bond motifs is 1. The van der Waals surface area contributed by atoms with Gasteiger partial charge >= 0.3 is 0 Å². The van der Waals surface area contributed by atoms with Crippen molar-refractivity contribution in [3.63, 3.8) is 0 Å². The molecule has 0 bridgehead atoms. The molecule has 0 radical (unpaired) electrons. The van der Waals surface area contributed by atoms with Gasteiger partial charge in [0.25, 0.3) is 5.82 Å². The van der Waals surface area contributed by atoms with E-state index >= 15 is 0 Å². The van der Waals surface area contributed by atoms with Gasteiger partial charge in [-0.2, -0.15) is 0 Å². The van der Waals surface area contributed by atoms with Gasteiger partial charge in [0.2, 0.25) is 0 Å². The van der Waals surface area contributed by atoms with Crippen molar-refractivity contribution in [3.05, 3.63) is 82.8 Å². The summed E-state index contributed by atoms with van der Waals surface area (Å²) in [6.07, 6.45) is 3.64. The third-order valence-electron chi connectivity index (χ3n) is 3.93. The third-order valence-corrected chi connectivity index (χ3v) is 4.87. The van der Waals surface area contributed by atoms with Crippen LogP contribution in [0.15, 0.2) is 72.4 Å². The van der Waals surface area contributed by atoms with E-state index in [1.54, 1.807) is 23.6 Å². The Kier molecular flexibility index (Phi) is 3.84. The predicted octanol–water partition coefficient (Wildman–Crippen LogP) is 4.02. The van der Waals surface area contributed by atoms with Crippen molar-refractivity contribution >= 4 is 28.1 Å². The van der Waals surface area contributed by atoms with Gasteiger partial charge in [-0.3, -0.25) is 10.3 Å². The number of nitrogens with zero attached hydrogens (tertiary/aromatic N) is 1. The highest BCUT2D eigenvalue weighted by atomic mass is 32.1. The lowest BCUT2D eigenvalue weighted by Gasteiger charge is -2.17. The molecule has 1 atom stereocenters. The quantitative estimate of drug-likeness (QED) is 0.593. The van der Waals surface area contributed by atoms with E-state index in [1.165, 1.54) is 0 Å². The number of phenols is 1. The summed E-state index contributed by atoms with van der Waals surface area (Å²) < 4.78 is 0. The van der Waals surface area contributed by atoms with Crippen LogP contribution in [0, 0.1) is 0 Å². The van der Waals surface area contributed by atoms with Crippen molar-refractivity contribution in [2.24, 2.45) is 0 Å². The van der Waals surface area contributed by atoms with Crippen LogP contribution in [-0.4, -0.2) is 10.1 Å². The lowest BCUT2D eigenvalue weighted by molar-refractivity contribution is -0.361. The lowest BCUT2D eigenvalue weighted by Crippen LogP contribution is -2.18. The topological polar surface area (TPSA) is 59.3 Å². The molecular weight excluding hydrogens is 318 g/mol. The number of hydrogen-bond donors (Lipinski definition) is 2.